The van der Waals surface area contributed by atoms with Gasteiger partial charge in [0.25, 0.3) is 5.91 Å². The van der Waals surface area contributed by atoms with Gasteiger partial charge < -0.3 is 9.64 Å². The molecule has 1 heterocycles. The number of nitrogens with zero attached hydrogens (tertiary/aromatic N) is 3. The van der Waals surface area contributed by atoms with Crippen LogP contribution < -0.4 is 4.74 Å². The Bertz CT molecular complexity index is 897. The van der Waals surface area contributed by atoms with Gasteiger partial charge in [-0.15, -0.1) is 0 Å². The molecule has 1 aromatic heterocycles. The van der Waals surface area contributed by atoms with Gasteiger partial charge in [-0.25, -0.2) is 4.68 Å². The summed E-state index contributed by atoms with van der Waals surface area (Å²) in [7, 11) is 0. The van der Waals surface area contributed by atoms with E-state index in [0.29, 0.717) is 12.0 Å². The number of benzene rings is 1. The van der Waals surface area contributed by atoms with Gasteiger partial charge in [-0.3, -0.25) is 9.59 Å². The Morgan fingerprint density at radius 2 is 1.93 bits per heavy atom. The van der Waals surface area contributed by atoms with E-state index < -0.39 is 0 Å². The first-order valence-electron chi connectivity index (χ1n) is 10.8. The largest absolute Gasteiger partial charge is 0.493 e. The first-order chi connectivity index (χ1) is 14.2. The predicted molar refractivity (Wildman–Crippen MR) is 109 cm³/mol. The van der Waals surface area contributed by atoms with Gasteiger partial charge in [0.15, 0.2) is 0 Å². The zero-order valence-corrected chi connectivity index (χ0v) is 16.6. The zero-order valence-electron chi connectivity index (χ0n) is 16.6. The van der Waals surface area contributed by atoms with Crippen LogP contribution in [0.1, 0.15) is 60.1 Å². The van der Waals surface area contributed by atoms with Crippen LogP contribution in [-0.2, 0) is 17.6 Å². The van der Waals surface area contributed by atoms with Crippen molar-refractivity contribution in [3.63, 3.8) is 0 Å². The molecule has 152 valence electrons. The minimum atomic E-state index is 0.106. The number of hydrogen-bond acceptors (Lipinski definition) is 4. The summed E-state index contributed by atoms with van der Waals surface area (Å²) in [6.45, 7) is 0.778. The molecule has 0 spiro atoms. The molecular formula is C23H27N3O3. The van der Waals surface area contributed by atoms with E-state index in [1.165, 1.54) is 23.9 Å². The Hall–Kier alpha value is -2.63. The molecule has 1 unspecified atom stereocenters. The minimum absolute atomic E-state index is 0.106. The van der Waals surface area contributed by atoms with E-state index in [2.05, 4.69) is 10.00 Å². The highest BCUT2D eigenvalue weighted by Crippen LogP contribution is 2.35. The molecule has 3 aliphatic rings. The van der Waals surface area contributed by atoms with Crippen LogP contribution >= 0.6 is 0 Å². The van der Waals surface area contributed by atoms with E-state index in [-0.39, 0.29) is 11.9 Å². The summed E-state index contributed by atoms with van der Waals surface area (Å²) in [5.41, 5.74) is 2.80. The van der Waals surface area contributed by atoms with Crippen LogP contribution in [0.2, 0.25) is 0 Å². The third kappa shape index (κ3) is 3.80. The summed E-state index contributed by atoms with van der Waals surface area (Å²) in [4.78, 5) is 26.4. The van der Waals surface area contributed by atoms with E-state index in [1.807, 2.05) is 24.3 Å². The molecule has 0 N–H and O–H groups in total. The number of fused-ring (bicyclic) bond motifs is 1. The van der Waals surface area contributed by atoms with Gasteiger partial charge in [0, 0.05) is 23.8 Å². The number of rotatable bonds is 7. The van der Waals surface area contributed by atoms with Crippen LogP contribution in [0, 0.1) is 5.92 Å². The second-order valence-electron chi connectivity index (χ2n) is 8.66. The molecule has 2 saturated carbocycles. The average Bonchev–Trinajstić information content (AvgIpc) is 3.45. The van der Waals surface area contributed by atoms with Gasteiger partial charge in [0.1, 0.15) is 5.75 Å². The number of carbonyl (C=O) groups excluding carboxylic acids is 2. The summed E-state index contributed by atoms with van der Waals surface area (Å²) < 4.78 is 7.22. The molecule has 2 aromatic rings. The summed E-state index contributed by atoms with van der Waals surface area (Å²) in [5.74, 6) is 1.64. The molecule has 1 atom stereocenters. The number of aryl methyl sites for hydroxylation is 1. The fourth-order valence-corrected chi connectivity index (χ4v) is 4.50. The van der Waals surface area contributed by atoms with Crippen molar-refractivity contribution in [1.82, 2.24) is 14.7 Å². The summed E-state index contributed by atoms with van der Waals surface area (Å²) in [6.07, 6.45) is 11.0. The maximum atomic E-state index is 13.3. The van der Waals surface area contributed by atoms with Crippen molar-refractivity contribution in [2.24, 2.45) is 5.92 Å². The number of aromatic nitrogens is 2. The Morgan fingerprint density at radius 3 is 2.59 bits per heavy atom. The lowest BCUT2D eigenvalue weighted by Gasteiger charge is -2.34. The summed E-state index contributed by atoms with van der Waals surface area (Å²) in [6, 6.07) is 8.14. The van der Waals surface area contributed by atoms with Gasteiger partial charge >= 0.3 is 0 Å². The standard InChI is InChI=1S/C23H27N3O3/c27-15-25-13-18-12-20(8-11-22(18)24-25)26(19-6-7-19)23(28)17-4-9-21(10-5-17)29-14-16-2-1-3-16/h4-5,9-10,13,15-16,19-20H,1-3,6-8,11-12,14H2. The quantitative estimate of drug-likeness (QED) is 0.678. The number of hydrogen-bond donors (Lipinski definition) is 0. The minimum Gasteiger partial charge on any atom is -0.493 e. The van der Waals surface area contributed by atoms with Crippen molar-refractivity contribution in [1.29, 1.82) is 0 Å². The van der Waals surface area contributed by atoms with E-state index >= 15 is 0 Å². The number of amides is 1. The smallest absolute Gasteiger partial charge is 0.254 e. The van der Waals surface area contributed by atoms with E-state index in [0.717, 1.165) is 67.7 Å². The van der Waals surface area contributed by atoms with Crippen LogP contribution in [0.4, 0.5) is 0 Å². The SMILES string of the molecule is O=Cn1cc2c(n1)CCC(N(C(=O)c1ccc(OCC3CCC3)cc1)C1CC1)C2. The molecule has 2 fully saturated rings. The third-order valence-electron chi connectivity index (χ3n) is 6.55. The second-order valence-corrected chi connectivity index (χ2v) is 8.66. The van der Waals surface area contributed by atoms with Crippen LogP contribution in [-0.4, -0.2) is 45.7 Å². The first-order valence-corrected chi connectivity index (χ1v) is 10.8. The molecule has 0 radical (unpaired) electrons. The third-order valence-corrected chi connectivity index (χ3v) is 6.55. The van der Waals surface area contributed by atoms with E-state index in [9.17, 15) is 9.59 Å². The Kier molecular flexibility index (Phi) is 4.86. The molecule has 0 saturated heterocycles. The topological polar surface area (TPSA) is 64.4 Å². The van der Waals surface area contributed by atoms with Crippen molar-refractivity contribution < 1.29 is 14.3 Å². The van der Waals surface area contributed by atoms with Crippen molar-refractivity contribution in [3.8, 4) is 5.75 Å². The molecule has 1 aromatic carbocycles. The van der Waals surface area contributed by atoms with E-state index in [4.69, 9.17) is 4.74 Å². The van der Waals surface area contributed by atoms with Gasteiger partial charge in [0.2, 0.25) is 6.41 Å². The van der Waals surface area contributed by atoms with Crippen molar-refractivity contribution in [2.75, 3.05) is 6.61 Å². The summed E-state index contributed by atoms with van der Waals surface area (Å²) in [5, 5.41) is 4.31. The van der Waals surface area contributed by atoms with Crippen LogP contribution in [0.15, 0.2) is 30.5 Å². The second kappa shape index (κ2) is 7.65. The van der Waals surface area contributed by atoms with Crippen molar-refractivity contribution in [2.45, 2.75) is 63.5 Å². The van der Waals surface area contributed by atoms with Crippen LogP contribution in [0.5, 0.6) is 5.75 Å². The van der Waals surface area contributed by atoms with Crippen LogP contribution in [0.25, 0.3) is 0 Å². The first kappa shape index (κ1) is 18.4. The lowest BCUT2D eigenvalue weighted by Crippen LogP contribution is -2.44. The molecule has 6 nitrogen and oxygen atoms in total. The van der Waals surface area contributed by atoms with Crippen molar-refractivity contribution in [3.05, 3.63) is 47.3 Å². The van der Waals surface area contributed by atoms with Crippen molar-refractivity contribution >= 4 is 12.3 Å². The molecule has 1 amide bonds. The number of ether oxygens (including phenoxy) is 1. The highest BCUT2D eigenvalue weighted by atomic mass is 16.5. The Labute approximate surface area is 170 Å². The Balaban J connectivity index is 1.28. The molecular weight excluding hydrogens is 366 g/mol. The maximum Gasteiger partial charge on any atom is 0.254 e. The monoisotopic (exact) mass is 393 g/mol. The summed E-state index contributed by atoms with van der Waals surface area (Å²) >= 11 is 0. The molecule has 29 heavy (non-hydrogen) atoms. The predicted octanol–water partition coefficient (Wildman–Crippen LogP) is 3.26. The van der Waals surface area contributed by atoms with E-state index in [1.54, 1.807) is 6.20 Å². The molecule has 5 rings (SSSR count). The molecule has 3 aliphatic carbocycles. The lowest BCUT2D eigenvalue weighted by atomic mass is 9.86. The van der Waals surface area contributed by atoms with Gasteiger partial charge in [-0.1, -0.05) is 6.42 Å². The van der Waals surface area contributed by atoms with Crippen LogP contribution in [0.3, 0.4) is 0 Å². The molecule has 6 heteroatoms. The highest BCUT2D eigenvalue weighted by Gasteiger charge is 2.39. The molecule has 0 aliphatic heterocycles. The lowest BCUT2D eigenvalue weighted by molar-refractivity contribution is 0.0642. The van der Waals surface area contributed by atoms with Gasteiger partial charge in [-0.05, 0) is 80.7 Å². The van der Waals surface area contributed by atoms with Gasteiger partial charge in [-0.2, -0.15) is 5.10 Å². The fourth-order valence-electron chi connectivity index (χ4n) is 4.50. The Morgan fingerprint density at radius 1 is 1.14 bits per heavy atom. The van der Waals surface area contributed by atoms with Gasteiger partial charge in [0.05, 0.1) is 12.3 Å². The maximum absolute atomic E-state index is 13.3. The zero-order chi connectivity index (χ0) is 19.8. The highest BCUT2D eigenvalue weighted by molar-refractivity contribution is 5.95. The molecule has 0 bridgehead atoms. The fraction of sp³-hybridized carbons (Fsp3) is 0.522. The average molecular weight is 393 g/mol. The number of carbonyl (C=O) groups is 2. The normalized spacial score (nSPS) is 21.2.